The molecule has 0 aliphatic heterocycles. The second-order valence-corrected chi connectivity index (χ2v) is 5.67. The summed E-state index contributed by atoms with van der Waals surface area (Å²) in [5, 5.41) is 12.9. The van der Waals surface area contributed by atoms with Gasteiger partial charge in [0.2, 0.25) is 0 Å². The third-order valence-electron chi connectivity index (χ3n) is 3.58. The van der Waals surface area contributed by atoms with Gasteiger partial charge in [-0.25, -0.2) is 14.2 Å². The van der Waals surface area contributed by atoms with Crippen LogP contribution in [0.2, 0.25) is 5.15 Å². The zero-order valence-electron chi connectivity index (χ0n) is 11.8. The number of anilines is 1. The Morgan fingerprint density at radius 3 is 2.61 bits per heavy atom. The lowest BCUT2D eigenvalue weighted by Gasteiger charge is -2.30. The molecule has 0 radical (unpaired) electrons. The maximum absolute atomic E-state index is 13.8. The van der Waals surface area contributed by atoms with Crippen molar-refractivity contribution < 1.29 is 27.5 Å². The molecule has 2 unspecified atom stereocenters. The number of nitrogens with one attached hydrogen (secondary N) is 2. The zero-order valence-corrected chi connectivity index (χ0v) is 12.5. The summed E-state index contributed by atoms with van der Waals surface area (Å²) >= 11 is 5.47. The van der Waals surface area contributed by atoms with Crippen molar-refractivity contribution in [2.24, 2.45) is 0 Å². The largest absolute Gasteiger partial charge is 0.465 e. The average molecular weight is 356 g/mol. The summed E-state index contributed by atoms with van der Waals surface area (Å²) in [6, 6.07) is -0.310. The minimum Gasteiger partial charge on any atom is -0.465 e. The van der Waals surface area contributed by atoms with E-state index in [2.05, 4.69) is 15.6 Å². The number of hydrogen-bond donors (Lipinski definition) is 3. The molecule has 1 fully saturated rings. The van der Waals surface area contributed by atoms with E-state index in [0.717, 1.165) is 0 Å². The molecule has 0 spiro atoms. The standard InChI is InChI=1S/C13H14ClF4N3O2/c14-10-8(13(16,17)18)5-9(15)11(21-10)19-6-2-1-3-7(4-6)20-12(22)23/h5-7,20H,1-4H2,(H,19,21)(H,22,23). The first-order valence-electron chi connectivity index (χ1n) is 6.86. The minimum absolute atomic E-state index is 0.299. The monoisotopic (exact) mass is 355 g/mol. The molecule has 1 heterocycles. The molecule has 1 amide bonds. The van der Waals surface area contributed by atoms with Crippen molar-refractivity contribution in [3.63, 3.8) is 0 Å². The van der Waals surface area contributed by atoms with E-state index >= 15 is 0 Å². The fourth-order valence-electron chi connectivity index (χ4n) is 2.59. The number of carboxylic acid groups (broad SMARTS) is 1. The highest BCUT2D eigenvalue weighted by Gasteiger charge is 2.35. The quantitative estimate of drug-likeness (QED) is 0.568. The van der Waals surface area contributed by atoms with Crippen molar-refractivity contribution in [1.29, 1.82) is 0 Å². The Morgan fingerprint density at radius 2 is 2.00 bits per heavy atom. The molecule has 0 aromatic carbocycles. The Morgan fingerprint density at radius 1 is 1.35 bits per heavy atom. The maximum Gasteiger partial charge on any atom is 0.419 e. The van der Waals surface area contributed by atoms with Gasteiger partial charge in [0.15, 0.2) is 11.6 Å². The van der Waals surface area contributed by atoms with Crippen LogP contribution in [-0.4, -0.2) is 28.3 Å². The first kappa shape index (κ1) is 17.6. The number of aromatic nitrogens is 1. The van der Waals surface area contributed by atoms with E-state index in [9.17, 15) is 22.4 Å². The lowest BCUT2D eigenvalue weighted by molar-refractivity contribution is -0.137. The van der Waals surface area contributed by atoms with Crippen molar-refractivity contribution in [3.8, 4) is 0 Å². The first-order valence-corrected chi connectivity index (χ1v) is 7.24. The second-order valence-electron chi connectivity index (χ2n) is 5.31. The lowest BCUT2D eigenvalue weighted by atomic mass is 9.91. The average Bonchev–Trinajstić information content (AvgIpc) is 2.41. The third kappa shape index (κ3) is 4.60. The van der Waals surface area contributed by atoms with E-state index < -0.39 is 28.8 Å². The first-order chi connectivity index (χ1) is 10.7. The van der Waals surface area contributed by atoms with E-state index in [0.29, 0.717) is 31.7 Å². The van der Waals surface area contributed by atoms with Gasteiger partial charge in [-0.05, 0) is 31.7 Å². The van der Waals surface area contributed by atoms with Gasteiger partial charge < -0.3 is 15.7 Å². The number of rotatable bonds is 3. The van der Waals surface area contributed by atoms with Gasteiger partial charge in [-0.2, -0.15) is 13.2 Å². The smallest absolute Gasteiger partial charge is 0.419 e. The van der Waals surface area contributed by atoms with E-state index in [-0.39, 0.29) is 17.9 Å². The number of pyridine rings is 1. The predicted octanol–water partition coefficient (Wildman–Crippen LogP) is 3.88. The summed E-state index contributed by atoms with van der Waals surface area (Å²) in [5.41, 5.74) is -1.34. The van der Waals surface area contributed by atoms with Gasteiger partial charge in [0.1, 0.15) is 5.15 Å². The molecular formula is C13H14ClF4N3O2. The molecule has 0 saturated heterocycles. The van der Waals surface area contributed by atoms with Crippen LogP contribution in [-0.2, 0) is 6.18 Å². The van der Waals surface area contributed by atoms with E-state index in [1.54, 1.807) is 0 Å². The molecule has 1 aromatic rings. The fourth-order valence-corrected chi connectivity index (χ4v) is 2.83. The Kier molecular flexibility index (Phi) is 5.18. The van der Waals surface area contributed by atoms with Crippen molar-refractivity contribution in [2.45, 2.75) is 43.9 Å². The second kappa shape index (κ2) is 6.77. The van der Waals surface area contributed by atoms with Crippen molar-refractivity contribution in [3.05, 3.63) is 22.6 Å². The van der Waals surface area contributed by atoms with Crippen molar-refractivity contribution >= 4 is 23.5 Å². The van der Waals surface area contributed by atoms with Crippen LogP contribution in [0.15, 0.2) is 6.07 Å². The Hall–Kier alpha value is -1.77. The van der Waals surface area contributed by atoms with Gasteiger partial charge in [-0.15, -0.1) is 0 Å². The van der Waals surface area contributed by atoms with Crippen molar-refractivity contribution in [1.82, 2.24) is 10.3 Å². The van der Waals surface area contributed by atoms with Crippen LogP contribution in [0.25, 0.3) is 0 Å². The number of amides is 1. The summed E-state index contributed by atoms with van der Waals surface area (Å²) in [4.78, 5) is 14.1. The van der Waals surface area contributed by atoms with Crippen LogP contribution in [0.1, 0.15) is 31.2 Å². The third-order valence-corrected chi connectivity index (χ3v) is 3.87. The molecule has 1 saturated carbocycles. The molecule has 23 heavy (non-hydrogen) atoms. The molecule has 10 heteroatoms. The summed E-state index contributed by atoms with van der Waals surface area (Å²) in [6.45, 7) is 0. The molecule has 3 N–H and O–H groups in total. The molecule has 2 rings (SSSR count). The molecule has 1 aromatic heterocycles. The van der Waals surface area contributed by atoms with Gasteiger partial charge >= 0.3 is 12.3 Å². The molecular weight excluding hydrogens is 342 g/mol. The van der Waals surface area contributed by atoms with Crippen LogP contribution >= 0.6 is 11.6 Å². The molecule has 1 aliphatic carbocycles. The zero-order chi connectivity index (χ0) is 17.2. The highest BCUT2D eigenvalue weighted by molar-refractivity contribution is 6.30. The molecule has 5 nitrogen and oxygen atoms in total. The van der Waals surface area contributed by atoms with Gasteiger partial charge in [-0.1, -0.05) is 11.6 Å². The topological polar surface area (TPSA) is 74.2 Å². The molecule has 1 aliphatic rings. The van der Waals surface area contributed by atoms with Gasteiger partial charge in [0.05, 0.1) is 5.56 Å². The van der Waals surface area contributed by atoms with Crippen molar-refractivity contribution in [2.75, 3.05) is 5.32 Å². The highest BCUT2D eigenvalue weighted by Crippen LogP contribution is 2.35. The number of carbonyl (C=O) groups is 1. The van der Waals surface area contributed by atoms with E-state index in [1.165, 1.54) is 0 Å². The van der Waals surface area contributed by atoms with Crippen LogP contribution in [0, 0.1) is 5.82 Å². The SMILES string of the molecule is O=C(O)NC1CCCC(Nc2nc(Cl)c(C(F)(F)F)cc2F)C1. The predicted molar refractivity (Wildman–Crippen MR) is 75.0 cm³/mol. The normalized spacial score (nSPS) is 21.8. The van der Waals surface area contributed by atoms with Crippen LogP contribution in [0.4, 0.5) is 28.2 Å². The van der Waals surface area contributed by atoms with Gasteiger partial charge in [0.25, 0.3) is 0 Å². The molecule has 0 bridgehead atoms. The Bertz CT molecular complexity index is 597. The number of alkyl halides is 3. The van der Waals surface area contributed by atoms with Crippen LogP contribution in [0.5, 0.6) is 0 Å². The fraction of sp³-hybridized carbons (Fsp3) is 0.538. The van der Waals surface area contributed by atoms with Crippen LogP contribution in [0.3, 0.4) is 0 Å². The van der Waals surface area contributed by atoms with Gasteiger partial charge in [0, 0.05) is 12.1 Å². The summed E-state index contributed by atoms with van der Waals surface area (Å²) in [5.74, 6) is -1.53. The number of nitrogens with zero attached hydrogens (tertiary/aromatic N) is 1. The number of halogens is 5. The Balaban J connectivity index is 2.11. The summed E-state index contributed by atoms with van der Waals surface area (Å²) < 4.78 is 51.7. The summed E-state index contributed by atoms with van der Waals surface area (Å²) in [7, 11) is 0. The van der Waals surface area contributed by atoms with E-state index in [4.69, 9.17) is 16.7 Å². The lowest BCUT2D eigenvalue weighted by Crippen LogP contribution is -2.41. The maximum atomic E-state index is 13.8. The minimum atomic E-state index is -4.79. The summed E-state index contributed by atoms with van der Waals surface area (Å²) in [6.07, 6.45) is -3.60. The number of hydrogen-bond acceptors (Lipinski definition) is 3. The van der Waals surface area contributed by atoms with Crippen LogP contribution < -0.4 is 10.6 Å². The highest BCUT2D eigenvalue weighted by atomic mass is 35.5. The molecule has 128 valence electrons. The molecule has 2 atom stereocenters. The van der Waals surface area contributed by atoms with E-state index in [1.807, 2.05) is 0 Å². The Labute approximate surface area is 134 Å². The van der Waals surface area contributed by atoms with Gasteiger partial charge in [-0.3, -0.25) is 0 Å².